The van der Waals surface area contributed by atoms with E-state index in [9.17, 15) is 5.11 Å². The zero-order valence-corrected chi connectivity index (χ0v) is 20.1. The van der Waals surface area contributed by atoms with Crippen molar-refractivity contribution >= 4 is 26.7 Å². The topological polar surface area (TPSA) is 54.4 Å². The number of hydrogen-bond donors (Lipinski definition) is 2. The van der Waals surface area contributed by atoms with Gasteiger partial charge in [0, 0.05) is 7.11 Å². The fourth-order valence-electron chi connectivity index (χ4n) is 2.69. The molecule has 3 aromatic carbocycles. The Labute approximate surface area is 195 Å². The van der Waals surface area contributed by atoms with Crippen LogP contribution >= 0.6 is 11.3 Å². The molecule has 0 radical (unpaired) electrons. The number of nitrogens with zero attached hydrogens (tertiary/aromatic N) is 1. The van der Waals surface area contributed by atoms with Gasteiger partial charge in [0.1, 0.15) is 12.5 Å². The van der Waals surface area contributed by atoms with E-state index in [1.54, 1.807) is 25.3 Å². The van der Waals surface area contributed by atoms with Gasteiger partial charge in [-0.2, -0.15) is 0 Å². The van der Waals surface area contributed by atoms with Gasteiger partial charge in [-0.3, -0.25) is 0 Å². The predicted octanol–water partition coefficient (Wildman–Crippen LogP) is 7.52. The molecule has 168 valence electrons. The maximum Gasteiger partial charge on any atom is 0.185 e. The lowest BCUT2D eigenvalue weighted by Crippen LogP contribution is -2.01. The lowest BCUT2D eigenvalue weighted by Gasteiger charge is -2.02. The second-order valence-corrected chi connectivity index (χ2v) is 8.44. The van der Waals surface area contributed by atoms with Crippen LogP contribution in [0.5, 0.6) is 5.75 Å². The molecular formula is C27H32N2O2S. The number of rotatable bonds is 5. The third-order valence-corrected chi connectivity index (χ3v) is 5.18. The van der Waals surface area contributed by atoms with Crippen molar-refractivity contribution in [2.45, 2.75) is 27.2 Å². The zero-order valence-electron chi connectivity index (χ0n) is 19.3. The van der Waals surface area contributed by atoms with Crippen LogP contribution in [-0.2, 0) is 11.2 Å². The molecule has 0 bridgehead atoms. The van der Waals surface area contributed by atoms with Crippen LogP contribution < -0.4 is 5.32 Å². The molecule has 0 saturated heterocycles. The number of ether oxygens (including phenoxy) is 1. The van der Waals surface area contributed by atoms with E-state index < -0.39 is 0 Å². The van der Waals surface area contributed by atoms with Crippen molar-refractivity contribution in [3.8, 4) is 16.9 Å². The first-order valence-electron chi connectivity index (χ1n) is 10.5. The minimum absolute atomic E-state index is 0.263. The number of hydrogen-bond acceptors (Lipinski definition) is 5. The summed E-state index contributed by atoms with van der Waals surface area (Å²) in [4.78, 5) is 4.31. The predicted molar refractivity (Wildman–Crippen MR) is 139 cm³/mol. The number of nitrogens with one attached hydrogen (secondary N) is 1. The van der Waals surface area contributed by atoms with Gasteiger partial charge in [-0.05, 0) is 55.2 Å². The molecule has 0 unspecified atom stereocenters. The first kappa shape index (κ1) is 25.1. The Balaban J connectivity index is 0.000000195. The summed E-state index contributed by atoms with van der Waals surface area (Å²) in [6.07, 6.45) is 1.11. The average Bonchev–Trinajstić information content (AvgIpc) is 3.20. The molecule has 4 nitrogen and oxygen atoms in total. The number of phenolic OH excluding ortho intramolecular Hbond substituents is 1. The van der Waals surface area contributed by atoms with Crippen molar-refractivity contribution in [2.75, 3.05) is 19.2 Å². The van der Waals surface area contributed by atoms with Crippen molar-refractivity contribution in [1.29, 1.82) is 0 Å². The molecule has 0 aliphatic rings. The Morgan fingerprint density at radius 1 is 1.00 bits per heavy atom. The van der Waals surface area contributed by atoms with Gasteiger partial charge in [0.05, 0.1) is 10.2 Å². The summed E-state index contributed by atoms with van der Waals surface area (Å²) in [5.41, 5.74) is 6.02. The van der Waals surface area contributed by atoms with E-state index in [0.717, 1.165) is 21.8 Å². The van der Waals surface area contributed by atoms with Crippen molar-refractivity contribution in [1.82, 2.24) is 4.98 Å². The van der Waals surface area contributed by atoms with E-state index >= 15 is 0 Å². The molecule has 0 atom stereocenters. The minimum atomic E-state index is 0.263. The van der Waals surface area contributed by atoms with Crippen molar-refractivity contribution in [3.05, 3.63) is 90.5 Å². The highest BCUT2D eigenvalue weighted by atomic mass is 32.1. The zero-order chi connectivity index (χ0) is 23.3. The highest BCUT2D eigenvalue weighted by molar-refractivity contribution is 7.22. The highest BCUT2D eigenvalue weighted by Crippen LogP contribution is 2.28. The van der Waals surface area contributed by atoms with Crippen LogP contribution in [0.2, 0.25) is 0 Å². The number of aryl methyl sites for hydroxylation is 1. The lowest BCUT2D eigenvalue weighted by molar-refractivity contribution is 0.221. The van der Waals surface area contributed by atoms with Crippen molar-refractivity contribution < 1.29 is 9.84 Å². The molecule has 2 N–H and O–H groups in total. The number of anilines is 1. The van der Waals surface area contributed by atoms with Crippen LogP contribution in [0.1, 0.15) is 26.3 Å². The van der Waals surface area contributed by atoms with Gasteiger partial charge in [-0.1, -0.05) is 78.4 Å². The molecule has 0 aliphatic carbocycles. The van der Waals surface area contributed by atoms with E-state index in [2.05, 4.69) is 72.3 Å². The average molecular weight is 449 g/mol. The van der Waals surface area contributed by atoms with Crippen LogP contribution in [0.15, 0.2) is 84.9 Å². The van der Waals surface area contributed by atoms with Gasteiger partial charge >= 0.3 is 0 Å². The van der Waals surface area contributed by atoms with Gasteiger partial charge in [0.2, 0.25) is 0 Å². The number of thiazole rings is 1. The molecule has 1 aromatic heterocycles. The van der Waals surface area contributed by atoms with Crippen LogP contribution in [0, 0.1) is 0 Å². The van der Waals surface area contributed by atoms with E-state index in [0.29, 0.717) is 6.73 Å². The van der Waals surface area contributed by atoms with E-state index in [1.807, 2.05) is 19.9 Å². The molecule has 4 rings (SSSR count). The van der Waals surface area contributed by atoms with E-state index in [1.165, 1.54) is 33.6 Å². The van der Waals surface area contributed by atoms with Gasteiger partial charge < -0.3 is 15.2 Å². The summed E-state index contributed by atoms with van der Waals surface area (Å²) >= 11 is 1.49. The molecular weight excluding hydrogens is 416 g/mol. The molecule has 5 heteroatoms. The molecule has 32 heavy (non-hydrogen) atoms. The number of methoxy groups -OCH3 is 1. The fourth-order valence-corrected chi connectivity index (χ4v) is 3.57. The summed E-state index contributed by atoms with van der Waals surface area (Å²) < 4.78 is 5.83. The molecule has 0 saturated carbocycles. The fraction of sp³-hybridized carbons (Fsp3) is 0.222. The third kappa shape index (κ3) is 8.53. The molecule has 0 amide bonds. The summed E-state index contributed by atoms with van der Waals surface area (Å²) in [5, 5.41) is 13.1. The molecule has 0 aliphatic heterocycles. The summed E-state index contributed by atoms with van der Waals surface area (Å²) in [6.45, 7) is 10.1. The number of allylic oxidation sites excluding steroid dienone is 1. The Morgan fingerprint density at radius 2 is 1.62 bits per heavy atom. The smallest absolute Gasteiger partial charge is 0.185 e. The number of phenols is 1. The number of aromatic nitrogens is 1. The van der Waals surface area contributed by atoms with Crippen LogP contribution in [0.3, 0.4) is 0 Å². The summed E-state index contributed by atoms with van der Waals surface area (Å²) in [6, 6.07) is 24.4. The second kappa shape index (κ2) is 13.3. The minimum Gasteiger partial charge on any atom is -0.508 e. The Kier molecular flexibility index (Phi) is 10.4. The molecule has 0 spiro atoms. The standard InChI is InChI=1S/C14H14.C9H10N2O2S.C4H8/c1-2-12-8-10-14(11-9-12)13-6-4-3-5-7-13;1-13-5-10-9-11-7-3-2-6(12)4-8(7)14-9;1-4(2)3/h3-11H,2H2,1H3;2-4,12H,5H2,1H3,(H,10,11);1H2,2-3H3. The van der Waals surface area contributed by atoms with Gasteiger partial charge in [-0.15, -0.1) is 6.58 Å². The van der Waals surface area contributed by atoms with E-state index in [4.69, 9.17) is 4.74 Å². The Morgan fingerprint density at radius 3 is 2.22 bits per heavy atom. The normalized spacial score (nSPS) is 9.88. The van der Waals surface area contributed by atoms with Gasteiger partial charge in [0.25, 0.3) is 0 Å². The maximum absolute atomic E-state index is 9.25. The first-order chi connectivity index (χ1) is 15.4. The lowest BCUT2D eigenvalue weighted by atomic mass is 10.0. The van der Waals surface area contributed by atoms with Crippen LogP contribution in [0.25, 0.3) is 21.3 Å². The van der Waals surface area contributed by atoms with Crippen LogP contribution in [-0.4, -0.2) is 23.9 Å². The Hall–Kier alpha value is -3.15. The summed E-state index contributed by atoms with van der Waals surface area (Å²) in [7, 11) is 1.62. The van der Waals surface area contributed by atoms with Gasteiger partial charge in [-0.25, -0.2) is 4.98 Å². The van der Waals surface area contributed by atoms with Gasteiger partial charge in [0.15, 0.2) is 5.13 Å². The number of fused-ring (bicyclic) bond motifs is 1. The number of aromatic hydroxyl groups is 1. The monoisotopic (exact) mass is 448 g/mol. The first-order valence-corrected chi connectivity index (χ1v) is 11.3. The third-order valence-electron chi connectivity index (χ3n) is 4.21. The summed E-state index contributed by atoms with van der Waals surface area (Å²) in [5.74, 6) is 0.263. The van der Waals surface area contributed by atoms with Crippen LogP contribution in [0.4, 0.5) is 5.13 Å². The highest BCUT2D eigenvalue weighted by Gasteiger charge is 2.03. The second-order valence-electron chi connectivity index (χ2n) is 7.40. The molecule has 4 aromatic rings. The van der Waals surface area contributed by atoms with Crippen molar-refractivity contribution in [3.63, 3.8) is 0 Å². The quantitative estimate of drug-likeness (QED) is 0.245. The van der Waals surface area contributed by atoms with E-state index in [-0.39, 0.29) is 5.75 Å². The molecule has 0 fully saturated rings. The SMILES string of the molecule is C=C(C)C.CCc1ccc(-c2ccccc2)cc1.COCNc1nc2ccc(O)cc2s1. The number of benzene rings is 3. The maximum atomic E-state index is 9.25. The molecule has 1 heterocycles. The van der Waals surface area contributed by atoms with Crippen molar-refractivity contribution in [2.24, 2.45) is 0 Å². The largest absolute Gasteiger partial charge is 0.508 e. The Bertz CT molecular complexity index is 1090.